The van der Waals surface area contributed by atoms with Crippen LogP contribution >= 0.6 is 11.6 Å². The minimum absolute atomic E-state index is 0.762. The van der Waals surface area contributed by atoms with Gasteiger partial charge in [-0.15, -0.1) is 0 Å². The molecule has 1 nitrogen and oxygen atoms in total. The maximum Gasteiger partial charge on any atom is 0.0484 e. The molecule has 1 N–H and O–H groups in total. The van der Waals surface area contributed by atoms with Crippen molar-refractivity contribution in [3.05, 3.63) is 130 Å². The van der Waals surface area contributed by atoms with Gasteiger partial charge in [-0.3, -0.25) is 0 Å². The number of aromatic nitrogens is 1. The van der Waals surface area contributed by atoms with Gasteiger partial charge < -0.3 is 4.98 Å². The number of halogens is 1. The molecule has 1 heterocycles. The first-order valence-electron chi connectivity index (χ1n) is 10.8. The highest BCUT2D eigenvalue weighted by atomic mass is 35.5. The third-order valence-corrected chi connectivity index (χ3v) is 6.95. The van der Waals surface area contributed by atoms with Crippen LogP contribution in [0.25, 0.3) is 43.7 Å². The number of rotatable bonds is 2. The summed E-state index contributed by atoms with van der Waals surface area (Å²) in [4.78, 5) is 3.66. The van der Waals surface area contributed by atoms with Gasteiger partial charge in [-0.05, 0) is 56.8 Å². The van der Waals surface area contributed by atoms with Crippen LogP contribution in [-0.2, 0) is 0 Å². The highest BCUT2D eigenvalue weighted by molar-refractivity contribution is 6.35. The van der Waals surface area contributed by atoms with Crippen LogP contribution in [-0.4, -0.2) is 4.98 Å². The molecule has 0 spiro atoms. The first kappa shape index (κ1) is 17.8. The molecule has 0 atom stereocenters. The van der Waals surface area contributed by atoms with Crippen LogP contribution in [0.4, 0.5) is 0 Å². The summed E-state index contributed by atoms with van der Waals surface area (Å²) >= 11 is 6.85. The summed E-state index contributed by atoms with van der Waals surface area (Å²) in [5, 5.41) is 5.86. The van der Waals surface area contributed by atoms with Crippen LogP contribution in [0.1, 0.15) is 22.3 Å². The molecule has 1 aliphatic carbocycles. The van der Waals surface area contributed by atoms with E-state index in [4.69, 9.17) is 11.6 Å². The van der Waals surface area contributed by atoms with Gasteiger partial charge in [0.15, 0.2) is 0 Å². The molecule has 0 fully saturated rings. The van der Waals surface area contributed by atoms with Crippen molar-refractivity contribution in [2.75, 3.05) is 0 Å². The summed E-state index contributed by atoms with van der Waals surface area (Å²) in [7, 11) is 0. The lowest BCUT2D eigenvalue weighted by Gasteiger charge is -2.19. The largest absolute Gasteiger partial charge is 0.354 e. The monoisotopic (exact) mass is 427 g/mol. The maximum atomic E-state index is 6.85. The second-order valence-electron chi connectivity index (χ2n) is 8.34. The second kappa shape index (κ2) is 6.59. The lowest BCUT2D eigenvalue weighted by Crippen LogP contribution is -1.98. The molecule has 0 amide bonds. The van der Waals surface area contributed by atoms with Crippen LogP contribution in [0.2, 0.25) is 5.02 Å². The summed E-state index contributed by atoms with van der Waals surface area (Å²) in [6.45, 7) is 0. The van der Waals surface area contributed by atoms with Gasteiger partial charge in [0.05, 0.1) is 0 Å². The zero-order chi connectivity index (χ0) is 21.2. The summed E-state index contributed by atoms with van der Waals surface area (Å²) in [5.74, 6) is 0. The predicted molar refractivity (Wildman–Crippen MR) is 136 cm³/mol. The van der Waals surface area contributed by atoms with Crippen LogP contribution in [0.3, 0.4) is 0 Å². The van der Waals surface area contributed by atoms with Crippen molar-refractivity contribution < 1.29 is 0 Å². The third-order valence-electron chi connectivity index (χ3n) is 6.62. The summed E-state index contributed by atoms with van der Waals surface area (Å²) in [5.41, 5.74) is 9.42. The number of hydrogen-bond acceptors (Lipinski definition) is 0. The predicted octanol–water partition coefficient (Wildman–Crippen LogP) is 8.45. The summed E-state index contributed by atoms with van der Waals surface area (Å²) in [6.07, 6.45) is 0. The van der Waals surface area contributed by atoms with E-state index in [0.29, 0.717) is 0 Å². The van der Waals surface area contributed by atoms with Gasteiger partial charge in [-0.1, -0.05) is 96.5 Å². The Morgan fingerprint density at radius 3 is 2.00 bits per heavy atom. The van der Waals surface area contributed by atoms with Crippen molar-refractivity contribution in [2.24, 2.45) is 0 Å². The van der Waals surface area contributed by atoms with E-state index >= 15 is 0 Å². The SMILES string of the molecule is Clc1ccccc1C1=C(c2ccccc2)c2cccc3ccc4[nH]c5cccc1c5c4c23. The Kier molecular flexibility index (Phi) is 3.67. The van der Waals surface area contributed by atoms with E-state index in [0.717, 1.165) is 16.1 Å². The first-order valence-corrected chi connectivity index (χ1v) is 11.2. The van der Waals surface area contributed by atoms with Crippen molar-refractivity contribution >= 4 is 55.3 Å². The Hall–Kier alpha value is -3.81. The zero-order valence-corrected chi connectivity index (χ0v) is 17.9. The van der Waals surface area contributed by atoms with Gasteiger partial charge in [0, 0.05) is 32.4 Å². The lowest BCUT2D eigenvalue weighted by atomic mass is 9.85. The van der Waals surface area contributed by atoms with Crippen molar-refractivity contribution in [1.29, 1.82) is 0 Å². The molecule has 7 rings (SSSR count). The van der Waals surface area contributed by atoms with Crippen molar-refractivity contribution in [1.82, 2.24) is 4.98 Å². The molecule has 0 saturated carbocycles. The van der Waals surface area contributed by atoms with E-state index in [-0.39, 0.29) is 0 Å². The molecule has 2 heteroatoms. The molecule has 0 unspecified atom stereocenters. The Balaban J connectivity index is 1.82. The lowest BCUT2D eigenvalue weighted by molar-refractivity contribution is 1.52. The molecule has 1 aliphatic rings. The number of H-pyrrole nitrogens is 1. The standard InChI is InChI=1S/C30H18ClN/c31-23-14-5-4-11-20(23)28-22-13-7-15-24-29(22)30-25(32-24)17-16-19-10-6-12-21(27(19)30)26(28)18-8-2-1-3-9-18/h1-17,32H. The Morgan fingerprint density at radius 2 is 1.16 bits per heavy atom. The average molecular weight is 428 g/mol. The zero-order valence-electron chi connectivity index (χ0n) is 17.2. The van der Waals surface area contributed by atoms with E-state index < -0.39 is 0 Å². The fourth-order valence-electron chi connectivity index (χ4n) is 5.35. The molecule has 0 bridgehead atoms. The van der Waals surface area contributed by atoms with E-state index in [1.807, 2.05) is 12.1 Å². The van der Waals surface area contributed by atoms with Gasteiger partial charge in [0.1, 0.15) is 0 Å². The Bertz CT molecular complexity index is 1720. The van der Waals surface area contributed by atoms with Crippen LogP contribution in [0, 0.1) is 0 Å². The summed E-state index contributed by atoms with van der Waals surface area (Å²) in [6, 6.07) is 36.5. The molecule has 0 radical (unpaired) electrons. The number of benzene rings is 5. The summed E-state index contributed by atoms with van der Waals surface area (Å²) < 4.78 is 0. The fourth-order valence-corrected chi connectivity index (χ4v) is 5.58. The molecule has 0 aliphatic heterocycles. The second-order valence-corrected chi connectivity index (χ2v) is 8.75. The fraction of sp³-hybridized carbons (Fsp3) is 0. The smallest absolute Gasteiger partial charge is 0.0484 e. The molecular weight excluding hydrogens is 410 g/mol. The topological polar surface area (TPSA) is 15.8 Å². The average Bonchev–Trinajstić information content (AvgIpc) is 3.16. The maximum absolute atomic E-state index is 6.85. The number of nitrogens with one attached hydrogen (secondary N) is 1. The Labute approximate surface area is 190 Å². The van der Waals surface area contributed by atoms with Crippen LogP contribution in [0.5, 0.6) is 0 Å². The van der Waals surface area contributed by atoms with Gasteiger partial charge in [-0.2, -0.15) is 0 Å². The Morgan fingerprint density at radius 1 is 0.469 bits per heavy atom. The van der Waals surface area contributed by atoms with E-state index in [9.17, 15) is 0 Å². The number of aromatic amines is 1. The van der Waals surface area contributed by atoms with E-state index in [2.05, 4.69) is 96.0 Å². The molecule has 32 heavy (non-hydrogen) atoms. The highest BCUT2D eigenvalue weighted by Gasteiger charge is 2.26. The number of hydrogen-bond donors (Lipinski definition) is 1. The molecule has 6 aromatic rings. The van der Waals surface area contributed by atoms with Crippen LogP contribution < -0.4 is 0 Å². The molecule has 1 aromatic heterocycles. The first-order chi connectivity index (χ1) is 15.8. The van der Waals surface area contributed by atoms with Gasteiger partial charge in [-0.25, -0.2) is 0 Å². The minimum Gasteiger partial charge on any atom is -0.354 e. The van der Waals surface area contributed by atoms with Gasteiger partial charge in [0.2, 0.25) is 0 Å². The van der Waals surface area contributed by atoms with Gasteiger partial charge >= 0.3 is 0 Å². The van der Waals surface area contributed by atoms with Crippen molar-refractivity contribution in [3.63, 3.8) is 0 Å². The normalized spacial score (nSPS) is 13.0. The molecule has 0 saturated heterocycles. The molecule has 5 aromatic carbocycles. The minimum atomic E-state index is 0.762. The molecular formula is C30H18ClN. The van der Waals surface area contributed by atoms with Crippen LogP contribution in [0.15, 0.2) is 103 Å². The van der Waals surface area contributed by atoms with Gasteiger partial charge in [0.25, 0.3) is 0 Å². The van der Waals surface area contributed by atoms with Crippen molar-refractivity contribution in [3.8, 4) is 0 Å². The quantitative estimate of drug-likeness (QED) is 0.285. The molecule has 150 valence electrons. The third kappa shape index (κ3) is 2.34. The van der Waals surface area contributed by atoms with Crippen molar-refractivity contribution in [2.45, 2.75) is 0 Å². The van der Waals surface area contributed by atoms with E-state index in [1.54, 1.807) is 0 Å². The highest BCUT2D eigenvalue weighted by Crippen LogP contribution is 2.49. The van der Waals surface area contributed by atoms with E-state index in [1.165, 1.54) is 54.9 Å².